The van der Waals surface area contributed by atoms with Crippen LogP contribution in [0.15, 0.2) is 11.6 Å². The van der Waals surface area contributed by atoms with Crippen LogP contribution in [0.5, 0.6) is 0 Å². The van der Waals surface area contributed by atoms with E-state index in [2.05, 4.69) is 6.08 Å². The minimum absolute atomic E-state index is 0.359. The second-order valence-electron chi connectivity index (χ2n) is 4.63. The van der Waals surface area contributed by atoms with Crippen LogP contribution in [0.25, 0.3) is 0 Å². The highest BCUT2D eigenvalue weighted by Gasteiger charge is 2.20. The summed E-state index contributed by atoms with van der Waals surface area (Å²) in [5.41, 5.74) is 7.71. The molecule has 2 rings (SSSR count). The number of nitrogens with two attached hydrogens (primary N) is 1. The van der Waals surface area contributed by atoms with Gasteiger partial charge >= 0.3 is 0 Å². The molecule has 0 saturated heterocycles. The van der Waals surface area contributed by atoms with Gasteiger partial charge in [0.05, 0.1) is 0 Å². The number of allylic oxidation sites excluding steroid dienone is 1. The zero-order valence-corrected chi connectivity index (χ0v) is 8.47. The second kappa shape index (κ2) is 4.28. The lowest BCUT2D eigenvalue weighted by atomic mass is 9.93. The van der Waals surface area contributed by atoms with Gasteiger partial charge in [-0.2, -0.15) is 0 Å². The molecule has 0 aliphatic heterocycles. The zero-order valence-electron chi connectivity index (χ0n) is 8.47. The summed E-state index contributed by atoms with van der Waals surface area (Å²) in [7, 11) is 0. The van der Waals surface area contributed by atoms with Gasteiger partial charge in [-0.15, -0.1) is 0 Å². The summed E-state index contributed by atoms with van der Waals surface area (Å²) in [6.07, 6.45) is 13.4. The summed E-state index contributed by atoms with van der Waals surface area (Å²) < 4.78 is 0. The molecule has 74 valence electrons. The van der Waals surface area contributed by atoms with Crippen LogP contribution < -0.4 is 5.73 Å². The average Bonchev–Trinajstić information content (AvgIpc) is 2.56. The summed E-state index contributed by atoms with van der Waals surface area (Å²) in [6.45, 7) is 0. The molecule has 0 aromatic rings. The third-order valence-corrected chi connectivity index (χ3v) is 3.56. The van der Waals surface area contributed by atoms with Crippen LogP contribution in [0.3, 0.4) is 0 Å². The van der Waals surface area contributed by atoms with Gasteiger partial charge in [0, 0.05) is 6.04 Å². The van der Waals surface area contributed by atoms with Crippen molar-refractivity contribution in [3.8, 4) is 0 Å². The van der Waals surface area contributed by atoms with Gasteiger partial charge < -0.3 is 5.73 Å². The van der Waals surface area contributed by atoms with Crippen LogP contribution in [-0.2, 0) is 0 Å². The molecule has 0 aromatic carbocycles. The average molecular weight is 179 g/mol. The third kappa shape index (κ3) is 2.34. The molecule has 0 radical (unpaired) electrons. The van der Waals surface area contributed by atoms with Crippen molar-refractivity contribution in [2.75, 3.05) is 0 Å². The predicted octanol–water partition coefficient (Wildman–Crippen LogP) is 3.00. The SMILES string of the molecule is NC1C=C(C2CCCC2)CCCC1. The lowest BCUT2D eigenvalue weighted by Gasteiger charge is -2.13. The topological polar surface area (TPSA) is 26.0 Å². The van der Waals surface area contributed by atoms with Gasteiger partial charge in [0.1, 0.15) is 0 Å². The van der Waals surface area contributed by atoms with Gasteiger partial charge in [0.25, 0.3) is 0 Å². The van der Waals surface area contributed by atoms with Crippen LogP contribution in [0.4, 0.5) is 0 Å². The lowest BCUT2D eigenvalue weighted by molar-refractivity contribution is 0.597. The van der Waals surface area contributed by atoms with E-state index in [4.69, 9.17) is 5.73 Å². The van der Waals surface area contributed by atoms with Gasteiger partial charge in [-0.1, -0.05) is 30.9 Å². The van der Waals surface area contributed by atoms with E-state index < -0.39 is 0 Å². The van der Waals surface area contributed by atoms with Crippen LogP contribution >= 0.6 is 0 Å². The maximum absolute atomic E-state index is 6.02. The fraction of sp³-hybridized carbons (Fsp3) is 0.833. The first-order valence-corrected chi connectivity index (χ1v) is 5.82. The molecule has 0 bridgehead atoms. The molecule has 2 N–H and O–H groups in total. The molecule has 0 amide bonds. The van der Waals surface area contributed by atoms with E-state index in [1.54, 1.807) is 5.57 Å². The minimum atomic E-state index is 0.359. The summed E-state index contributed by atoms with van der Waals surface area (Å²) in [6, 6.07) is 0.359. The summed E-state index contributed by atoms with van der Waals surface area (Å²) >= 11 is 0. The van der Waals surface area contributed by atoms with E-state index in [0.29, 0.717) is 6.04 Å². The fourth-order valence-electron chi connectivity index (χ4n) is 2.79. The van der Waals surface area contributed by atoms with Crippen molar-refractivity contribution in [3.63, 3.8) is 0 Å². The van der Waals surface area contributed by atoms with Gasteiger partial charge in [-0.05, 0) is 38.0 Å². The van der Waals surface area contributed by atoms with E-state index >= 15 is 0 Å². The summed E-state index contributed by atoms with van der Waals surface area (Å²) in [5, 5.41) is 0. The first kappa shape index (κ1) is 9.26. The quantitative estimate of drug-likeness (QED) is 0.615. The van der Waals surface area contributed by atoms with Crippen molar-refractivity contribution in [3.05, 3.63) is 11.6 Å². The number of hydrogen-bond donors (Lipinski definition) is 1. The molecular weight excluding hydrogens is 158 g/mol. The van der Waals surface area contributed by atoms with Crippen molar-refractivity contribution in [2.45, 2.75) is 57.4 Å². The molecule has 0 heterocycles. The van der Waals surface area contributed by atoms with Crippen molar-refractivity contribution >= 4 is 0 Å². The molecule has 0 aromatic heterocycles. The first-order valence-electron chi connectivity index (χ1n) is 5.82. The fourth-order valence-corrected chi connectivity index (χ4v) is 2.79. The Kier molecular flexibility index (Phi) is 3.05. The van der Waals surface area contributed by atoms with Gasteiger partial charge in [-0.25, -0.2) is 0 Å². The highest BCUT2D eigenvalue weighted by atomic mass is 14.6. The number of rotatable bonds is 1. The summed E-state index contributed by atoms with van der Waals surface area (Å²) in [5.74, 6) is 0.907. The molecule has 1 saturated carbocycles. The first-order chi connectivity index (χ1) is 6.36. The zero-order chi connectivity index (χ0) is 9.10. The Hall–Kier alpha value is -0.300. The molecule has 1 unspecified atom stereocenters. The maximum atomic E-state index is 6.02. The van der Waals surface area contributed by atoms with E-state index in [-0.39, 0.29) is 0 Å². The predicted molar refractivity (Wildman–Crippen MR) is 56.5 cm³/mol. The normalized spacial score (nSPS) is 31.5. The highest BCUT2D eigenvalue weighted by molar-refractivity contribution is 5.13. The van der Waals surface area contributed by atoms with Crippen molar-refractivity contribution in [2.24, 2.45) is 11.7 Å². The van der Waals surface area contributed by atoms with Crippen molar-refractivity contribution in [1.82, 2.24) is 0 Å². The standard InChI is InChI=1S/C12H21N/c13-12-8-4-3-7-11(9-12)10-5-1-2-6-10/h9-10,12H,1-8,13H2. The third-order valence-electron chi connectivity index (χ3n) is 3.56. The smallest absolute Gasteiger partial charge is 0.0226 e. The van der Waals surface area contributed by atoms with Crippen molar-refractivity contribution < 1.29 is 0 Å². The monoisotopic (exact) mass is 179 g/mol. The van der Waals surface area contributed by atoms with E-state index in [9.17, 15) is 0 Å². The molecule has 1 nitrogen and oxygen atoms in total. The maximum Gasteiger partial charge on any atom is 0.0226 e. The van der Waals surface area contributed by atoms with Gasteiger partial charge in [0.15, 0.2) is 0 Å². The molecule has 1 fully saturated rings. The minimum Gasteiger partial charge on any atom is -0.324 e. The molecule has 2 aliphatic carbocycles. The molecule has 1 heteroatoms. The molecule has 1 atom stereocenters. The molecule has 2 aliphatic rings. The Morgan fingerprint density at radius 1 is 1.00 bits per heavy atom. The lowest BCUT2D eigenvalue weighted by Crippen LogP contribution is -2.16. The van der Waals surface area contributed by atoms with E-state index in [1.165, 1.54) is 51.4 Å². The van der Waals surface area contributed by atoms with Crippen LogP contribution in [0, 0.1) is 5.92 Å². The Morgan fingerprint density at radius 3 is 2.46 bits per heavy atom. The van der Waals surface area contributed by atoms with Crippen molar-refractivity contribution in [1.29, 1.82) is 0 Å². The largest absolute Gasteiger partial charge is 0.324 e. The Labute approximate surface area is 81.4 Å². The second-order valence-corrected chi connectivity index (χ2v) is 4.63. The Balaban J connectivity index is 2.01. The van der Waals surface area contributed by atoms with Crippen LogP contribution in [-0.4, -0.2) is 6.04 Å². The van der Waals surface area contributed by atoms with Crippen LogP contribution in [0.1, 0.15) is 51.4 Å². The van der Waals surface area contributed by atoms with E-state index in [0.717, 1.165) is 5.92 Å². The van der Waals surface area contributed by atoms with Crippen LogP contribution in [0.2, 0.25) is 0 Å². The highest BCUT2D eigenvalue weighted by Crippen LogP contribution is 2.34. The Bertz CT molecular complexity index is 189. The number of hydrogen-bond acceptors (Lipinski definition) is 1. The van der Waals surface area contributed by atoms with E-state index in [1.807, 2.05) is 0 Å². The molecule has 0 spiro atoms. The summed E-state index contributed by atoms with van der Waals surface area (Å²) in [4.78, 5) is 0. The molecular formula is C12H21N. The van der Waals surface area contributed by atoms with Gasteiger partial charge in [0.2, 0.25) is 0 Å². The van der Waals surface area contributed by atoms with Gasteiger partial charge in [-0.3, -0.25) is 0 Å². The molecule has 13 heavy (non-hydrogen) atoms. The Morgan fingerprint density at radius 2 is 1.69 bits per heavy atom.